The van der Waals surface area contributed by atoms with Crippen molar-refractivity contribution in [1.29, 1.82) is 0 Å². The van der Waals surface area contributed by atoms with Crippen LogP contribution in [0.4, 0.5) is 5.69 Å². The van der Waals surface area contributed by atoms with E-state index in [9.17, 15) is 0 Å². The Morgan fingerprint density at radius 3 is 2.30 bits per heavy atom. The second-order valence-corrected chi connectivity index (χ2v) is 6.05. The summed E-state index contributed by atoms with van der Waals surface area (Å²) in [5.41, 5.74) is 3.59. The van der Waals surface area contributed by atoms with Crippen molar-refractivity contribution in [3.8, 4) is 11.5 Å². The van der Waals surface area contributed by atoms with Crippen LogP contribution in [-0.2, 0) is 0 Å². The molecule has 0 atom stereocenters. The lowest BCUT2D eigenvalue weighted by atomic mass is 10.1. The molecule has 0 N–H and O–H groups in total. The summed E-state index contributed by atoms with van der Waals surface area (Å²) in [5.74, 6) is 1.72. The zero-order valence-corrected chi connectivity index (χ0v) is 14.9. The molecule has 0 aromatic heterocycles. The minimum absolute atomic E-state index is 0.823. The normalized spacial score (nSPS) is 10.5. The fourth-order valence-electron chi connectivity index (χ4n) is 2.56. The summed E-state index contributed by atoms with van der Waals surface area (Å²) in [5, 5.41) is 2.09. The number of anilines is 1. The molecule has 0 aliphatic rings. The predicted octanol–water partition coefficient (Wildman–Crippen LogP) is 4.23. The van der Waals surface area contributed by atoms with E-state index in [2.05, 4.69) is 76.4 Å². The van der Waals surface area contributed by atoms with Crippen molar-refractivity contribution in [2.75, 3.05) is 18.0 Å². The summed E-state index contributed by atoms with van der Waals surface area (Å²) in [6.07, 6.45) is 0. The highest BCUT2D eigenvalue weighted by Gasteiger charge is 2.08. The smallest absolute Gasteiger partial charge is 0.134 e. The molecule has 0 saturated carbocycles. The number of rotatable bonds is 5. The number of ether oxygens (including phenoxy) is 1. The monoisotopic (exact) mass is 309 g/mol. The van der Waals surface area contributed by atoms with Gasteiger partial charge in [0.15, 0.2) is 0 Å². The molecule has 2 nitrogen and oxygen atoms in total. The van der Waals surface area contributed by atoms with Crippen LogP contribution in [0.25, 0.3) is 12.2 Å². The molecule has 0 aliphatic heterocycles. The topological polar surface area (TPSA) is 12.5 Å². The molecular weight excluding hydrogens is 282 g/mol. The van der Waals surface area contributed by atoms with E-state index in [1.807, 2.05) is 6.07 Å². The van der Waals surface area contributed by atoms with E-state index in [1.165, 1.54) is 16.5 Å². The van der Waals surface area contributed by atoms with Gasteiger partial charge in [-0.25, -0.2) is 0 Å². The van der Waals surface area contributed by atoms with Crippen LogP contribution in [0.15, 0.2) is 36.4 Å². The average Bonchev–Trinajstić information content (AvgIpc) is 2.53. The van der Waals surface area contributed by atoms with Crippen LogP contribution in [0.3, 0.4) is 0 Å². The van der Waals surface area contributed by atoms with Crippen molar-refractivity contribution in [2.24, 2.45) is 0 Å². The van der Waals surface area contributed by atoms with Gasteiger partial charge in [0.2, 0.25) is 0 Å². The molecule has 0 spiro atoms. The quantitative estimate of drug-likeness (QED) is 0.819. The van der Waals surface area contributed by atoms with Crippen molar-refractivity contribution in [1.82, 2.24) is 0 Å². The third-order valence-electron chi connectivity index (χ3n) is 4.16. The molecule has 2 aromatic carbocycles. The van der Waals surface area contributed by atoms with Crippen molar-refractivity contribution in [3.05, 3.63) is 52.4 Å². The molecule has 0 amide bonds. The predicted molar refractivity (Wildman–Crippen MR) is 101 cm³/mol. The van der Waals surface area contributed by atoms with Gasteiger partial charge in [0.25, 0.3) is 0 Å². The average molecular weight is 309 g/mol. The first-order chi connectivity index (χ1) is 11.0. The Hall–Kier alpha value is -2.22. The largest absolute Gasteiger partial charge is 0.456 e. The minimum atomic E-state index is 0.823. The molecule has 2 rings (SSSR count). The molecule has 0 saturated heterocycles. The van der Waals surface area contributed by atoms with Gasteiger partial charge in [0.1, 0.15) is 11.5 Å². The molecular formula is C21H27NO. The Bertz CT molecular complexity index is 784. The molecule has 0 heterocycles. The van der Waals surface area contributed by atoms with Gasteiger partial charge in [-0.1, -0.05) is 30.4 Å². The Labute approximate surface area is 139 Å². The summed E-state index contributed by atoms with van der Waals surface area (Å²) < 4.78 is 6.21. The molecule has 0 radical (unpaired) electrons. The summed E-state index contributed by atoms with van der Waals surface area (Å²) in [6.45, 7) is 16.7. The van der Waals surface area contributed by atoms with Crippen molar-refractivity contribution < 1.29 is 4.74 Å². The van der Waals surface area contributed by atoms with Gasteiger partial charge in [-0.2, -0.15) is 0 Å². The van der Waals surface area contributed by atoms with Crippen LogP contribution >= 0.6 is 0 Å². The lowest BCUT2D eigenvalue weighted by Crippen LogP contribution is -2.21. The van der Waals surface area contributed by atoms with Crippen LogP contribution in [-0.4, -0.2) is 13.1 Å². The third-order valence-corrected chi connectivity index (χ3v) is 4.16. The van der Waals surface area contributed by atoms with Crippen LogP contribution in [0, 0.1) is 6.92 Å². The fraction of sp³-hybridized carbons (Fsp3) is 0.333. The lowest BCUT2D eigenvalue weighted by Gasteiger charge is -2.22. The molecule has 0 fully saturated rings. The van der Waals surface area contributed by atoms with Gasteiger partial charge in [0.05, 0.1) is 0 Å². The first-order valence-electron chi connectivity index (χ1n) is 8.26. The Balaban J connectivity index is 2.44. The standard InChI is InChI=1S/C21H27NO/c1-7-22(8-2)19-12-10-17(6)21(14-19)23-20-13-18(15(3)4)11-9-16(20)5/h9-14H,5,7-8H2,1-4,6H3. The maximum atomic E-state index is 6.21. The lowest BCUT2D eigenvalue weighted by molar-refractivity contribution is 0.474. The van der Waals surface area contributed by atoms with E-state index in [0.29, 0.717) is 0 Å². The molecule has 23 heavy (non-hydrogen) atoms. The van der Waals surface area contributed by atoms with E-state index in [0.717, 1.165) is 35.4 Å². The second kappa shape index (κ2) is 7.36. The number of benzene rings is 2. The van der Waals surface area contributed by atoms with Crippen LogP contribution in [0.2, 0.25) is 0 Å². The zero-order valence-electron chi connectivity index (χ0n) is 14.9. The van der Waals surface area contributed by atoms with Gasteiger partial charge >= 0.3 is 0 Å². The molecule has 0 aliphatic carbocycles. The Kier molecular flexibility index (Phi) is 5.49. The Morgan fingerprint density at radius 2 is 1.70 bits per heavy atom. The fourth-order valence-corrected chi connectivity index (χ4v) is 2.56. The molecule has 2 aromatic rings. The van der Waals surface area contributed by atoms with Crippen LogP contribution in [0.5, 0.6) is 11.5 Å². The highest BCUT2D eigenvalue weighted by molar-refractivity contribution is 5.54. The summed E-state index contributed by atoms with van der Waals surface area (Å²) in [4.78, 5) is 2.32. The Morgan fingerprint density at radius 1 is 1.00 bits per heavy atom. The number of aryl methyl sites for hydroxylation is 1. The third kappa shape index (κ3) is 3.95. The van der Waals surface area contributed by atoms with Gasteiger partial charge in [0, 0.05) is 30.1 Å². The van der Waals surface area contributed by atoms with Crippen LogP contribution in [0.1, 0.15) is 33.3 Å². The highest BCUT2D eigenvalue weighted by Crippen LogP contribution is 2.28. The molecule has 0 unspecified atom stereocenters. The van der Waals surface area contributed by atoms with Crippen molar-refractivity contribution in [3.63, 3.8) is 0 Å². The summed E-state index contributed by atoms with van der Waals surface area (Å²) >= 11 is 0. The second-order valence-electron chi connectivity index (χ2n) is 6.05. The van der Waals surface area contributed by atoms with E-state index < -0.39 is 0 Å². The maximum Gasteiger partial charge on any atom is 0.134 e. The van der Waals surface area contributed by atoms with Crippen LogP contribution < -0.4 is 20.1 Å². The summed E-state index contributed by atoms with van der Waals surface area (Å²) in [7, 11) is 0. The van der Waals surface area contributed by atoms with E-state index in [-0.39, 0.29) is 0 Å². The number of hydrogen-bond acceptors (Lipinski definition) is 2. The van der Waals surface area contributed by atoms with Crippen molar-refractivity contribution in [2.45, 2.75) is 34.6 Å². The molecule has 0 bridgehead atoms. The first kappa shape index (κ1) is 17.1. The van der Waals surface area contributed by atoms with E-state index >= 15 is 0 Å². The van der Waals surface area contributed by atoms with E-state index in [1.54, 1.807) is 0 Å². The zero-order chi connectivity index (χ0) is 17.0. The minimum Gasteiger partial charge on any atom is -0.456 e. The maximum absolute atomic E-state index is 6.21. The molecule has 122 valence electrons. The van der Waals surface area contributed by atoms with Gasteiger partial charge in [-0.15, -0.1) is 0 Å². The van der Waals surface area contributed by atoms with Gasteiger partial charge < -0.3 is 9.64 Å². The number of hydrogen-bond donors (Lipinski definition) is 0. The SMILES string of the molecule is C=c1ccc(=C(C)C)cc1Oc1cc(N(CC)CC)ccc1C. The molecule has 2 heteroatoms. The summed E-state index contributed by atoms with van der Waals surface area (Å²) in [6, 6.07) is 12.6. The van der Waals surface area contributed by atoms with Gasteiger partial charge in [-0.3, -0.25) is 0 Å². The number of nitrogens with zero attached hydrogens (tertiary/aromatic N) is 1. The first-order valence-corrected chi connectivity index (χ1v) is 8.26. The highest BCUT2D eigenvalue weighted by atomic mass is 16.5. The van der Waals surface area contributed by atoms with E-state index in [4.69, 9.17) is 4.74 Å². The van der Waals surface area contributed by atoms with Gasteiger partial charge in [-0.05, 0) is 57.5 Å². The van der Waals surface area contributed by atoms with Crippen molar-refractivity contribution >= 4 is 17.8 Å².